The molecule has 0 saturated carbocycles. The van der Waals surface area contributed by atoms with Crippen molar-refractivity contribution in [1.82, 2.24) is 15.1 Å². The van der Waals surface area contributed by atoms with Gasteiger partial charge in [-0.2, -0.15) is 5.10 Å². The van der Waals surface area contributed by atoms with Gasteiger partial charge in [-0.3, -0.25) is 9.48 Å². The second-order valence-electron chi connectivity index (χ2n) is 4.86. The minimum absolute atomic E-state index is 0.0440. The number of carbonyl (C=O) groups is 1. The van der Waals surface area contributed by atoms with E-state index in [4.69, 9.17) is 4.42 Å². The molecule has 0 aliphatic rings. The second kappa shape index (κ2) is 6.43. The van der Waals surface area contributed by atoms with Crippen molar-refractivity contribution in [3.8, 4) is 0 Å². The maximum Gasteiger partial charge on any atom is 0.251 e. The predicted octanol–water partition coefficient (Wildman–Crippen LogP) is 2.77. The van der Waals surface area contributed by atoms with E-state index in [0.29, 0.717) is 5.76 Å². The largest absolute Gasteiger partial charge is 0.467 e. The molecule has 118 valence electrons. The summed E-state index contributed by atoms with van der Waals surface area (Å²) in [4.78, 5) is 12.1. The fraction of sp³-hybridized carbons (Fsp3) is 0.125. The average molecular weight is 317 g/mol. The molecule has 0 fully saturated rings. The molecule has 2 aromatic heterocycles. The molecule has 1 aromatic carbocycles. The zero-order valence-electron chi connectivity index (χ0n) is 11.9. The Labute approximate surface area is 130 Å². The molecule has 0 bridgehead atoms. The molecule has 1 N–H and O–H groups in total. The van der Waals surface area contributed by atoms with Crippen molar-refractivity contribution in [2.75, 3.05) is 6.54 Å². The minimum atomic E-state index is -1.06. The topological polar surface area (TPSA) is 60.1 Å². The summed E-state index contributed by atoms with van der Waals surface area (Å²) in [5.41, 5.74) is 0.0440. The van der Waals surface area contributed by atoms with Crippen LogP contribution in [0.25, 0.3) is 0 Å². The van der Waals surface area contributed by atoms with Crippen molar-refractivity contribution in [3.05, 3.63) is 78.0 Å². The van der Waals surface area contributed by atoms with Crippen molar-refractivity contribution in [1.29, 1.82) is 0 Å². The van der Waals surface area contributed by atoms with Crippen LogP contribution in [0.15, 0.2) is 59.5 Å². The zero-order chi connectivity index (χ0) is 16.2. The highest BCUT2D eigenvalue weighted by molar-refractivity contribution is 5.94. The van der Waals surface area contributed by atoms with E-state index in [1.807, 2.05) is 0 Å². The minimum Gasteiger partial charge on any atom is -0.467 e. The van der Waals surface area contributed by atoms with Crippen LogP contribution in [0.5, 0.6) is 0 Å². The van der Waals surface area contributed by atoms with Crippen LogP contribution < -0.4 is 5.32 Å². The van der Waals surface area contributed by atoms with Gasteiger partial charge in [-0.1, -0.05) is 0 Å². The van der Waals surface area contributed by atoms with E-state index in [-0.39, 0.29) is 18.2 Å². The number of halogens is 2. The summed E-state index contributed by atoms with van der Waals surface area (Å²) < 4.78 is 33.1. The molecule has 1 atom stereocenters. The number of carbonyl (C=O) groups excluding carboxylic acids is 1. The molecule has 0 saturated heterocycles. The Kier molecular flexibility index (Phi) is 4.18. The monoisotopic (exact) mass is 317 g/mol. The quantitative estimate of drug-likeness (QED) is 0.787. The molecule has 1 amide bonds. The van der Waals surface area contributed by atoms with Gasteiger partial charge in [0.2, 0.25) is 0 Å². The molecule has 3 aromatic rings. The third-order valence-corrected chi connectivity index (χ3v) is 3.35. The fourth-order valence-corrected chi connectivity index (χ4v) is 2.20. The Morgan fingerprint density at radius 2 is 2.13 bits per heavy atom. The molecule has 0 radical (unpaired) electrons. The standard InChI is InChI=1S/C16H13F2N3O2/c17-12-5-4-11(9-13(12)18)16(22)19-10-14(15-3-1-8-23-15)21-7-2-6-20-21/h1-9,14H,10H2,(H,19,22). The van der Waals surface area contributed by atoms with Gasteiger partial charge in [-0.15, -0.1) is 0 Å². The van der Waals surface area contributed by atoms with Crippen LogP contribution in [0, 0.1) is 11.6 Å². The van der Waals surface area contributed by atoms with E-state index in [1.54, 1.807) is 35.3 Å². The van der Waals surface area contributed by atoms with Gasteiger partial charge < -0.3 is 9.73 Å². The lowest BCUT2D eigenvalue weighted by atomic mass is 10.2. The Balaban J connectivity index is 1.74. The Morgan fingerprint density at radius 1 is 1.26 bits per heavy atom. The van der Waals surface area contributed by atoms with Crippen LogP contribution in [-0.4, -0.2) is 22.2 Å². The Morgan fingerprint density at radius 3 is 2.78 bits per heavy atom. The Hall–Kier alpha value is -2.96. The molecule has 1 unspecified atom stereocenters. The molecular formula is C16H13F2N3O2. The molecule has 3 rings (SSSR count). The molecule has 5 nitrogen and oxygen atoms in total. The smallest absolute Gasteiger partial charge is 0.251 e. The molecule has 7 heteroatoms. The van der Waals surface area contributed by atoms with Gasteiger partial charge in [-0.05, 0) is 36.4 Å². The van der Waals surface area contributed by atoms with Crippen LogP contribution in [0.4, 0.5) is 8.78 Å². The van der Waals surface area contributed by atoms with Gasteiger partial charge in [-0.25, -0.2) is 8.78 Å². The van der Waals surface area contributed by atoms with Gasteiger partial charge in [0, 0.05) is 24.5 Å². The first-order chi connectivity index (χ1) is 11.1. The first-order valence-corrected chi connectivity index (χ1v) is 6.91. The van der Waals surface area contributed by atoms with Crippen LogP contribution in [0.3, 0.4) is 0 Å². The van der Waals surface area contributed by atoms with Crippen LogP contribution >= 0.6 is 0 Å². The summed E-state index contributed by atoms with van der Waals surface area (Å²) in [5, 5.41) is 6.82. The molecule has 0 spiro atoms. The number of nitrogens with zero attached hydrogens (tertiary/aromatic N) is 2. The summed E-state index contributed by atoms with van der Waals surface area (Å²) in [7, 11) is 0. The van der Waals surface area contributed by atoms with Crippen LogP contribution in [0.1, 0.15) is 22.2 Å². The third-order valence-electron chi connectivity index (χ3n) is 3.35. The predicted molar refractivity (Wildman–Crippen MR) is 77.8 cm³/mol. The summed E-state index contributed by atoms with van der Waals surface area (Å²) in [6.45, 7) is 0.188. The van der Waals surface area contributed by atoms with Crippen molar-refractivity contribution in [2.45, 2.75) is 6.04 Å². The van der Waals surface area contributed by atoms with E-state index in [1.165, 1.54) is 12.3 Å². The fourth-order valence-electron chi connectivity index (χ4n) is 2.20. The lowest BCUT2D eigenvalue weighted by Crippen LogP contribution is -2.31. The lowest BCUT2D eigenvalue weighted by molar-refractivity contribution is 0.0947. The van der Waals surface area contributed by atoms with Crippen molar-refractivity contribution in [3.63, 3.8) is 0 Å². The van der Waals surface area contributed by atoms with Crippen molar-refractivity contribution in [2.24, 2.45) is 0 Å². The number of benzene rings is 1. The molecule has 0 aliphatic carbocycles. The van der Waals surface area contributed by atoms with Gasteiger partial charge >= 0.3 is 0 Å². The van der Waals surface area contributed by atoms with Gasteiger partial charge in [0.05, 0.1) is 6.26 Å². The number of hydrogen-bond acceptors (Lipinski definition) is 3. The molecule has 2 heterocycles. The first kappa shape index (κ1) is 15.0. The zero-order valence-corrected chi connectivity index (χ0v) is 11.9. The number of nitrogens with one attached hydrogen (secondary N) is 1. The molecule has 23 heavy (non-hydrogen) atoms. The van der Waals surface area contributed by atoms with E-state index >= 15 is 0 Å². The van der Waals surface area contributed by atoms with E-state index < -0.39 is 17.5 Å². The highest BCUT2D eigenvalue weighted by atomic mass is 19.2. The number of aromatic nitrogens is 2. The highest BCUT2D eigenvalue weighted by Crippen LogP contribution is 2.17. The van der Waals surface area contributed by atoms with Gasteiger partial charge in [0.1, 0.15) is 11.8 Å². The summed E-state index contributed by atoms with van der Waals surface area (Å²) in [5.74, 6) is -1.94. The normalized spacial score (nSPS) is 12.1. The number of amides is 1. The average Bonchev–Trinajstić information content (AvgIpc) is 3.24. The number of furan rings is 1. The van der Waals surface area contributed by atoms with Gasteiger partial charge in [0.25, 0.3) is 5.91 Å². The van der Waals surface area contributed by atoms with Crippen molar-refractivity contribution < 1.29 is 18.0 Å². The molecular weight excluding hydrogens is 304 g/mol. The number of rotatable bonds is 5. The summed E-state index contributed by atoms with van der Waals surface area (Å²) >= 11 is 0. The summed E-state index contributed by atoms with van der Waals surface area (Å²) in [6, 6.07) is 7.94. The number of hydrogen-bond donors (Lipinski definition) is 1. The summed E-state index contributed by atoms with van der Waals surface area (Å²) in [6.07, 6.45) is 4.90. The maximum atomic E-state index is 13.2. The Bertz CT molecular complexity index is 752. The van der Waals surface area contributed by atoms with Crippen molar-refractivity contribution >= 4 is 5.91 Å². The first-order valence-electron chi connectivity index (χ1n) is 6.91. The SMILES string of the molecule is O=C(NCC(c1ccco1)n1cccn1)c1ccc(F)c(F)c1. The molecule has 0 aliphatic heterocycles. The van der Waals surface area contributed by atoms with E-state index in [9.17, 15) is 13.6 Å². The van der Waals surface area contributed by atoms with E-state index in [2.05, 4.69) is 10.4 Å². The third kappa shape index (κ3) is 3.28. The van der Waals surface area contributed by atoms with E-state index in [0.717, 1.165) is 12.1 Å². The highest BCUT2D eigenvalue weighted by Gasteiger charge is 2.19. The second-order valence-corrected chi connectivity index (χ2v) is 4.86. The maximum absolute atomic E-state index is 13.2. The van der Waals surface area contributed by atoms with Gasteiger partial charge in [0.15, 0.2) is 11.6 Å². The van der Waals surface area contributed by atoms with Crippen LogP contribution in [0.2, 0.25) is 0 Å². The lowest BCUT2D eigenvalue weighted by Gasteiger charge is -2.16. The van der Waals surface area contributed by atoms with Crippen LogP contribution in [-0.2, 0) is 0 Å².